The van der Waals surface area contributed by atoms with E-state index in [-0.39, 0.29) is 0 Å². The molecule has 0 aliphatic carbocycles. The third-order valence-corrected chi connectivity index (χ3v) is 4.16. The topological polar surface area (TPSA) is 26.0 Å². The second-order valence-corrected chi connectivity index (χ2v) is 5.61. The largest absolute Gasteiger partial charge is 0.399 e. The van der Waals surface area contributed by atoms with E-state index in [2.05, 4.69) is 12.1 Å². The van der Waals surface area contributed by atoms with Gasteiger partial charge in [-0.3, -0.25) is 0 Å². The number of aryl methyl sites for hydroxylation is 1. The lowest BCUT2D eigenvalue weighted by molar-refractivity contribution is 1.16. The molecule has 94 valence electrons. The Kier molecular flexibility index (Phi) is 4.97. The molecule has 0 aromatic heterocycles. The molecule has 3 heteroatoms. The Morgan fingerprint density at radius 2 is 1.61 bits per heavy atom. The number of para-hydroxylation sites is 1. The number of rotatable bonds is 5. The molecule has 0 aliphatic heterocycles. The van der Waals surface area contributed by atoms with Crippen LogP contribution in [0.3, 0.4) is 0 Å². The minimum atomic E-state index is 0.851. The third kappa shape index (κ3) is 3.69. The molecule has 18 heavy (non-hydrogen) atoms. The van der Waals surface area contributed by atoms with Crippen molar-refractivity contribution in [1.29, 1.82) is 0 Å². The van der Waals surface area contributed by atoms with Crippen LogP contribution in [0.25, 0.3) is 0 Å². The smallest absolute Gasteiger partial charge is 0.0446 e. The normalized spacial score (nSPS) is 10.5. The van der Waals surface area contributed by atoms with Crippen LogP contribution in [-0.2, 0) is 12.2 Å². The number of anilines is 1. The molecular formula is C15H16ClNS. The molecule has 2 aromatic rings. The van der Waals surface area contributed by atoms with Crippen LogP contribution >= 0.6 is 23.4 Å². The van der Waals surface area contributed by atoms with E-state index in [4.69, 9.17) is 17.3 Å². The molecule has 0 fully saturated rings. The van der Waals surface area contributed by atoms with Gasteiger partial charge in [-0.25, -0.2) is 0 Å². The molecule has 1 nitrogen and oxygen atoms in total. The molecule has 0 bridgehead atoms. The van der Waals surface area contributed by atoms with Gasteiger partial charge in [0.1, 0.15) is 0 Å². The molecule has 0 heterocycles. The molecule has 0 saturated carbocycles. The summed E-state index contributed by atoms with van der Waals surface area (Å²) in [6.45, 7) is 0. The highest BCUT2D eigenvalue weighted by molar-refractivity contribution is 7.98. The number of thioether (sulfide) groups is 1. The average molecular weight is 278 g/mol. The van der Waals surface area contributed by atoms with E-state index in [1.807, 2.05) is 48.2 Å². The summed E-state index contributed by atoms with van der Waals surface area (Å²) in [5, 5.41) is 0.851. The molecule has 0 aliphatic rings. The summed E-state index contributed by atoms with van der Waals surface area (Å²) in [5.74, 6) is 2.01. The van der Waals surface area contributed by atoms with Crippen molar-refractivity contribution in [3.8, 4) is 0 Å². The fourth-order valence-corrected chi connectivity index (χ4v) is 3.00. The number of nitrogens with two attached hydrogens (primary N) is 1. The van der Waals surface area contributed by atoms with E-state index < -0.39 is 0 Å². The summed E-state index contributed by atoms with van der Waals surface area (Å²) >= 11 is 8.00. The Labute approximate surface area is 117 Å². The first-order chi connectivity index (χ1) is 8.77. The predicted molar refractivity (Wildman–Crippen MR) is 82.2 cm³/mol. The van der Waals surface area contributed by atoms with E-state index in [1.54, 1.807) is 0 Å². The Hall–Kier alpha value is -1.12. The molecule has 0 unspecified atom stereocenters. The number of hydrogen-bond donors (Lipinski definition) is 1. The zero-order chi connectivity index (χ0) is 12.8. The van der Waals surface area contributed by atoms with Gasteiger partial charge in [0, 0.05) is 16.5 Å². The van der Waals surface area contributed by atoms with Crippen LogP contribution in [0.2, 0.25) is 5.02 Å². The number of benzene rings is 2. The van der Waals surface area contributed by atoms with Gasteiger partial charge < -0.3 is 5.73 Å². The first-order valence-corrected chi connectivity index (χ1v) is 7.45. The van der Waals surface area contributed by atoms with Gasteiger partial charge in [0.05, 0.1) is 0 Å². The van der Waals surface area contributed by atoms with Crippen molar-refractivity contribution in [2.75, 3.05) is 11.5 Å². The first kappa shape index (κ1) is 13.3. The van der Waals surface area contributed by atoms with Crippen LogP contribution in [0, 0.1) is 0 Å². The van der Waals surface area contributed by atoms with Crippen LogP contribution in [0.1, 0.15) is 11.1 Å². The van der Waals surface area contributed by atoms with Crippen molar-refractivity contribution in [3.05, 3.63) is 64.7 Å². The summed E-state index contributed by atoms with van der Waals surface area (Å²) in [4.78, 5) is 0. The number of halogens is 1. The van der Waals surface area contributed by atoms with Crippen LogP contribution < -0.4 is 5.73 Å². The van der Waals surface area contributed by atoms with E-state index in [0.29, 0.717) is 0 Å². The minimum absolute atomic E-state index is 0.851. The van der Waals surface area contributed by atoms with Gasteiger partial charge in [-0.2, -0.15) is 11.8 Å². The lowest BCUT2D eigenvalue weighted by Crippen LogP contribution is -1.96. The van der Waals surface area contributed by atoms with Crippen LogP contribution in [-0.4, -0.2) is 5.75 Å². The maximum atomic E-state index is 6.11. The highest BCUT2D eigenvalue weighted by atomic mass is 35.5. The fraction of sp³-hybridized carbons (Fsp3) is 0.200. The fourth-order valence-electron chi connectivity index (χ4n) is 1.74. The Bertz CT molecular complexity index is 466. The van der Waals surface area contributed by atoms with E-state index in [0.717, 1.165) is 28.6 Å². The molecule has 0 amide bonds. The van der Waals surface area contributed by atoms with Crippen molar-refractivity contribution in [2.45, 2.75) is 12.2 Å². The van der Waals surface area contributed by atoms with E-state index in [9.17, 15) is 0 Å². The maximum absolute atomic E-state index is 6.11. The highest BCUT2D eigenvalue weighted by Gasteiger charge is 2.01. The zero-order valence-electron chi connectivity index (χ0n) is 10.1. The van der Waals surface area contributed by atoms with Crippen LogP contribution in [0.5, 0.6) is 0 Å². The number of hydrogen-bond acceptors (Lipinski definition) is 2. The predicted octanol–water partition coefficient (Wildman–Crippen LogP) is 4.40. The molecule has 0 saturated heterocycles. The van der Waals surface area contributed by atoms with Crippen LogP contribution in [0.15, 0.2) is 48.5 Å². The summed E-state index contributed by atoms with van der Waals surface area (Å²) < 4.78 is 0. The standard InChI is InChI=1S/C15H16ClNS/c16-14-7-3-1-6-13(14)11-18-10-9-12-5-2-4-8-15(12)17/h1-8H,9-11,17H2. The number of nitrogen functional groups attached to an aromatic ring is 1. The lowest BCUT2D eigenvalue weighted by atomic mass is 10.1. The molecule has 2 aromatic carbocycles. The van der Waals surface area contributed by atoms with Gasteiger partial charge in [-0.05, 0) is 35.4 Å². The van der Waals surface area contributed by atoms with Gasteiger partial charge in [0.25, 0.3) is 0 Å². The van der Waals surface area contributed by atoms with Gasteiger partial charge in [-0.15, -0.1) is 0 Å². The van der Waals surface area contributed by atoms with Crippen molar-refractivity contribution < 1.29 is 0 Å². The quantitative estimate of drug-likeness (QED) is 0.648. The van der Waals surface area contributed by atoms with E-state index >= 15 is 0 Å². The minimum Gasteiger partial charge on any atom is -0.399 e. The summed E-state index contributed by atoms with van der Waals surface area (Å²) in [7, 11) is 0. The highest BCUT2D eigenvalue weighted by Crippen LogP contribution is 2.22. The van der Waals surface area contributed by atoms with Crippen molar-refractivity contribution >= 4 is 29.1 Å². The van der Waals surface area contributed by atoms with Crippen molar-refractivity contribution in [1.82, 2.24) is 0 Å². The van der Waals surface area contributed by atoms with Gasteiger partial charge >= 0.3 is 0 Å². The van der Waals surface area contributed by atoms with E-state index in [1.165, 1.54) is 11.1 Å². The average Bonchev–Trinajstić information content (AvgIpc) is 2.38. The first-order valence-electron chi connectivity index (χ1n) is 5.92. The second-order valence-electron chi connectivity index (χ2n) is 4.09. The maximum Gasteiger partial charge on any atom is 0.0446 e. The summed E-state index contributed by atoms with van der Waals surface area (Å²) in [6, 6.07) is 16.0. The monoisotopic (exact) mass is 277 g/mol. The Balaban J connectivity index is 1.80. The Morgan fingerprint density at radius 3 is 2.33 bits per heavy atom. The molecular weight excluding hydrogens is 262 g/mol. The lowest BCUT2D eigenvalue weighted by Gasteiger charge is -2.06. The van der Waals surface area contributed by atoms with Gasteiger partial charge in [0.15, 0.2) is 0 Å². The molecule has 2 rings (SSSR count). The zero-order valence-corrected chi connectivity index (χ0v) is 11.7. The van der Waals surface area contributed by atoms with Gasteiger partial charge in [0.2, 0.25) is 0 Å². The molecule has 2 N–H and O–H groups in total. The van der Waals surface area contributed by atoms with Crippen molar-refractivity contribution in [2.24, 2.45) is 0 Å². The molecule has 0 radical (unpaired) electrons. The van der Waals surface area contributed by atoms with Gasteiger partial charge in [-0.1, -0.05) is 48.0 Å². The van der Waals surface area contributed by atoms with Crippen LogP contribution in [0.4, 0.5) is 5.69 Å². The van der Waals surface area contributed by atoms with Crippen molar-refractivity contribution in [3.63, 3.8) is 0 Å². The summed E-state index contributed by atoms with van der Waals surface area (Å²) in [5.41, 5.74) is 9.22. The molecule has 0 atom stereocenters. The third-order valence-electron chi connectivity index (χ3n) is 2.79. The summed E-state index contributed by atoms with van der Waals surface area (Å²) in [6.07, 6.45) is 1.00. The Morgan fingerprint density at radius 1 is 0.944 bits per heavy atom. The molecule has 0 spiro atoms. The second kappa shape index (κ2) is 6.72. The SMILES string of the molecule is Nc1ccccc1CCSCc1ccccc1Cl.